The van der Waals surface area contributed by atoms with Gasteiger partial charge in [-0.25, -0.2) is 10.8 Å². The molecule has 0 aliphatic rings. The number of aromatic nitrogens is 2. The maximum absolute atomic E-state index is 5.94. The molecule has 0 spiro atoms. The summed E-state index contributed by atoms with van der Waals surface area (Å²) in [5, 5.41) is 0.898. The van der Waals surface area contributed by atoms with Crippen LogP contribution in [0.5, 0.6) is 11.6 Å². The van der Waals surface area contributed by atoms with E-state index in [4.69, 9.17) is 10.6 Å². The number of hydrazine groups is 1. The van der Waals surface area contributed by atoms with Crippen molar-refractivity contribution in [2.75, 3.05) is 5.43 Å². The van der Waals surface area contributed by atoms with E-state index in [1.165, 1.54) is 11.1 Å². The minimum Gasteiger partial charge on any atom is -0.438 e. The molecule has 2 aromatic heterocycles. The van der Waals surface area contributed by atoms with Crippen LogP contribution < -0.4 is 16.0 Å². The molecule has 0 unspecified atom stereocenters. The van der Waals surface area contributed by atoms with Gasteiger partial charge in [-0.15, -0.1) is 11.3 Å². The zero-order valence-electron chi connectivity index (χ0n) is 12.1. The van der Waals surface area contributed by atoms with Gasteiger partial charge in [0, 0.05) is 4.88 Å². The van der Waals surface area contributed by atoms with Crippen LogP contribution in [0.4, 0.5) is 5.95 Å². The molecule has 0 radical (unpaired) electrons. The predicted molar refractivity (Wildman–Crippen MR) is 86.0 cm³/mol. The Hall–Kier alpha value is -2.18. The summed E-state index contributed by atoms with van der Waals surface area (Å²) in [5.74, 6) is 7.05. The normalized spacial score (nSPS) is 10.9. The van der Waals surface area contributed by atoms with Gasteiger partial charge in [-0.05, 0) is 50.1 Å². The molecule has 0 fully saturated rings. The van der Waals surface area contributed by atoms with E-state index in [0.29, 0.717) is 11.8 Å². The van der Waals surface area contributed by atoms with E-state index in [1.54, 1.807) is 11.3 Å². The molecule has 108 valence electrons. The van der Waals surface area contributed by atoms with Gasteiger partial charge in [0.15, 0.2) is 0 Å². The fraction of sp³-hybridized carbons (Fsp3) is 0.200. The quantitative estimate of drug-likeness (QED) is 0.570. The summed E-state index contributed by atoms with van der Waals surface area (Å²) < 4.78 is 5.94. The first-order chi connectivity index (χ1) is 10.1. The lowest BCUT2D eigenvalue weighted by Crippen LogP contribution is -2.10. The third kappa shape index (κ3) is 2.68. The predicted octanol–water partition coefficient (Wildman–Crippen LogP) is 3.69. The Morgan fingerprint density at radius 2 is 1.90 bits per heavy atom. The smallest absolute Gasteiger partial charge is 0.241 e. The molecular weight excluding hydrogens is 284 g/mol. The van der Waals surface area contributed by atoms with Crippen LogP contribution in [0.3, 0.4) is 0 Å². The maximum Gasteiger partial charge on any atom is 0.241 e. The Labute approximate surface area is 126 Å². The van der Waals surface area contributed by atoms with Crippen LogP contribution in [0, 0.1) is 20.8 Å². The van der Waals surface area contributed by atoms with Crippen molar-refractivity contribution < 1.29 is 4.74 Å². The van der Waals surface area contributed by atoms with Crippen LogP contribution in [0.15, 0.2) is 24.3 Å². The number of aryl methyl sites for hydroxylation is 3. The van der Waals surface area contributed by atoms with Crippen LogP contribution >= 0.6 is 11.3 Å². The van der Waals surface area contributed by atoms with E-state index in [2.05, 4.69) is 29.2 Å². The summed E-state index contributed by atoms with van der Waals surface area (Å²) in [7, 11) is 0. The van der Waals surface area contributed by atoms with Gasteiger partial charge in [0.05, 0.1) is 5.39 Å². The first kappa shape index (κ1) is 13.8. The number of rotatable bonds is 3. The second kappa shape index (κ2) is 5.31. The van der Waals surface area contributed by atoms with Crippen molar-refractivity contribution in [1.29, 1.82) is 0 Å². The minimum absolute atomic E-state index is 0.350. The van der Waals surface area contributed by atoms with Crippen molar-refractivity contribution in [3.8, 4) is 11.6 Å². The summed E-state index contributed by atoms with van der Waals surface area (Å²) in [6.07, 6.45) is 0. The van der Waals surface area contributed by atoms with Crippen LogP contribution in [0.2, 0.25) is 0 Å². The van der Waals surface area contributed by atoms with E-state index >= 15 is 0 Å². The number of thiophene rings is 1. The topological polar surface area (TPSA) is 73.1 Å². The van der Waals surface area contributed by atoms with Gasteiger partial charge in [-0.2, -0.15) is 4.98 Å². The number of hydrogen-bond donors (Lipinski definition) is 2. The van der Waals surface area contributed by atoms with Crippen LogP contribution in [0.25, 0.3) is 10.2 Å². The molecule has 6 heteroatoms. The molecule has 0 bridgehead atoms. The van der Waals surface area contributed by atoms with E-state index in [9.17, 15) is 0 Å². The summed E-state index contributed by atoms with van der Waals surface area (Å²) in [4.78, 5) is 10.7. The molecule has 1 aromatic carbocycles. The van der Waals surface area contributed by atoms with Crippen molar-refractivity contribution in [3.63, 3.8) is 0 Å². The number of nitrogens with zero attached hydrogens (tertiary/aromatic N) is 2. The SMILES string of the molecule is Cc1cc2c(Oc3ccc(C)c(C)c3)nc(NN)nc2s1. The highest BCUT2D eigenvalue weighted by Gasteiger charge is 2.12. The second-order valence-corrected chi connectivity index (χ2v) is 6.16. The third-order valence-electron chi connectivity index (χ3n) is 3.30. The van der Waals surface area contributed by atoms with Crippen molar-refractivity contribution in [2.45, 2.75) is 20.8 Å². The van der Waals surface area contributed by atoms with Gasteiger partial charge < -0.3 is 4.74 Å². The van der Waals surface area contributed by atoms with Gasteiger partial charge in [0.2, 0.25) is 11.8 Å². The van der Waals surface area contributed by atoms with Gasteiger partial charge in [0.25, 0.3) is 0 Å². The number of hydrogen-bond acceptors (Lipinski definition) is 6. The lowest BCUT2D eigenvalue weighted by Gasteiger charge is -2.09. The van der Waals surface area contributed by atoms with Crippen molar-refractivity contribution >= 4 is 27.5 Å². The highest BCUT2D eigenvalue weighted by molar-refractivity contribution is 7.18. The van der Waals surface area contributed by atoms with E-state index in [-0.39, 0.29) is 0 Å². The Balaban J connectivity index is 2.07. The number of ether oxygens (including phenoxy) is 1. The van der Waals surface area contributed by atoms with Crippen molar-refractivity contribution in [2.24, 2.45) is 5.84 Å². The summed E-state index contributed by atoms with van der Waals surface area (Å²) in [6.45, 7) is 6.15. The summed E-state index contributed by atoms with van der Waals surface area (Å²) >= 11 is 1.59. The van der Waals surface area contributed by atoms with Gasteiger partial charge in [0.1, 0.15) is 10.6 Å². The molecule has 5 nitrogen and oxygen atoms in total. The molecule has 0 amide bonds. The first-order valence-electron chi connectivity index (χ1n) is 6.56. The Bertz CT molecular complexity index is 813. The highest BCUT2D eigenvalue weighted by atomic mass is 32.1. The van der Waals surface area contributed by atoms with Crippen molar-refractivity contribution in [3.05, 3.63) is 40.3 Å². The monoisotopic (exact) mass is 300 g/mol. The number of benzene rings is 1. The minimum atomic E-state index is 0.350. The standard InChI is InChI=1S/C15H16N4OS/c1-8-4-5-11(6-9(8)2)20-13-12-7-10(3)21-14(12)18-15(17-13)19-16/h4-7H,16H2,1-3H3,(H,17,18,19). The third-order valence-corrected chi connectivity index (χ3v) is 4.25. The lowest BCUT2D eigenvalue weighted by atomic mass is 10.1. The zero-order chi connectivity index (χ0) is 15.0. The van der Waals surface area contributed by atoms with E-state index in [0.717, 1.165) is 20.8 Å². The summed E-state index contributed by atoms with van der Waals surface area (Å²) in [6, 6.07) is 7.99. The first-order valence-corrected chi connectivity index (χ1v) is 7.38. The Kier molecular flexibility index (Phi) is 3.48. The molecular formula is C15H16N4OS. The number of nitrogens with two attached hydrogens (primary N) is 1. The van der Waals surface area contributed by atoms with Gasteiger partial charge in [-0.3, -0.25) is 5.43 Å². The van der Waals surface area contributed by atoms with Crippen LogP contribution in [-0.4, -0.2) is 9.97 Å². The molecule has 0 saturated carbocycles. The number of fused-ring (bicyclic) bond motifs is 1. The van der Waals surface area contributed by atoms with Crippen molar-refractivity contribution in [1.82, 2.24) is 9.97 Å². The van der Waals surface area contributed by atoms with E-state index in [1.807, 2.05) is 31.2 Å². The van der Waals surface area contributed by atoms with Crippen LogP contribution in [-0.2, 0) is 0 Å². The molecule has 0 saturated heterocycles. The largest absolute Gasteiger partial charge is 0.438 e. The molecule has 2 heterocycles. The van der Waals surface area contributed by atoms with E-state index < -0.39 is 0 Å². The fourth-order valence-electron chi connectivity index (χ4n) is 2.05. The molecule has 21 heavy (non-hydrogen) atoms. The highest BCUT2D eigenvalue weighted by Crippen LogP contribution is 2.33. The molecule has 3 aromatic rings. The Morgan fingerprint density at radius 1 is 1.10 bits per heavy atom. The zero-order valence-corrected chi connectivity index (χ0v) is 12.9. The maximum atomic E-state index is 5.94. The number of nitrogens with one attached hydrogen (secondary N) is 1. The average Bonchev–Trinajstić information content (AvgIpc) is 2.83. The lowest BCUT2D eigenvalue weighted by molar-refractivity contribution is 0.468. The molecule has 0 aliphatic heterocycles. The number of nitrogen functional groups attached to an aromatic ring is 1. The fourth-order valence-corrected chi connectivity index (χ4v) is 2.92. The summed E-state index contributed by atoms with van der Waals surface area (Å²) in [5.41, 5.74) is 4.88. The van der Waals surface area contributed by atoms with Gasteiger partial charge in [-0.1, -0.05) is 6.07 Å². The molecule has 0 aliphatic carbocycles. The molecule has 0 atom stereocenters. The van der Waals surface area contributed by atoms with Crippen LogP contribution in [0.1, 0.15) is 16.0 Å². The molecule has 3 rings (SSSR count). The Morgan fingerprint density at radius 3 is 2.62 bits per heavy atom. The second-order valence-electron chi connectivity index (χ2n) is 4.92. The van der Waals surface area contributed by atoms with Gasteiger partial charge >= 0.3 is 0 Å². The number of anilines is 1. The average molecular weight is 300 g/mol. The molecule has 3 N–H and O–H groups in total.